The van der Waals surface area contributed by atoms with Gasteiger partial charge in [0.2, 0.25) is 11.9 Å². The smallest absolute Gasteiger partial charge is 0.212 e. The molecule has 1 unspecified atom stereocenters. The Labute approximate surface area is 174 Å². The van der Waals surface area contributed by atoms with Gasteiger partial charge in [0.25, 0.3) is 0 Å². The van der Waals surface area contributed by atoms with E-state index in [4.69, 9.17) is 16.7 Å². The molecule has 152 valence electrons. The van der Waals surface area contributed by atoms with Gasteiger partial charge in [-0.15, -0.1) is 0 Å². The van der Waals surface area contributed by atoms with Crippen molar-refractivity contribution >= 4 is 23.3 Å². The summed E-state index contributed by atoms with van der Waals surface area (Å²) in [5, 5.41) is 23.5. The number of halogens is 2. The number of nitriles is 2. The van der Waals surface area contributed by atoms with E-state index in [2.05, 4.69) is 25.6 Å². The number of hydrogen-bond donors (Lipinski definition) is 4. The third-order valence-corrected chi connectivity index (χ3v) is 4.71. The first-order valence-electron chi connectivity index (χ1n) is 8.83. The first kappa shape index (κ1) is 19.5. The van der Waals surface area contributed by atoms with E-state index in [0.717, 1.165) is 0 Å². The number of fused-ring (bicyclic) bond motifs is 1. The fourth-order valence-corrected chi connectivity index (χ4v) is 3.29. The van der Waals surface area contributed by atoms with Crippen LogP contribution in [0, 0.1) is 34.6 Å². The predicted octanol–water partition coefficient (Wildman–Crippen LogP) is 2.40. The van der Waals surface area contributed by atoms with Gasteiger partial charge in [0.15, 0.2) is 6.19 Å². The van der Waals surface area contributed by atoms with Crippen molar-refractivity contribution in [3.63, 3.8) is 0 Å². The number of pyridine rings is 2. The summed E-state index contributed by atoms with van der Waals surface area (Å²) in [4.78, 5) is 12.1. The van der Waals surface area contributed by atoms with E-state index in [1.165, 1.54) is 36.5 Å². The van der Waals surface area contributed by atoms with Gasteiger partial charge in [0.1, 0.15) is 35.1 Å². The third kappa shape index (κ3) is 3.41. The van der Waals surface area contributed by atoms with Gasteiger partial charge in [-0.3, -0.25) is 5.32 Å². The van der Waals surface area contributed by atoms with Crippen molar-refractivity contribution in [3.8, 4) is 23.4 Å². The Morgan fingerprint density at radius 2 is 1.87 bits per heavy atom. The highest BCUT2D eigenvalue weighted by Crippen LogP contribution is 2.42. The number of aromatic nitrogens is 2. The van der Waals surface area contributed by atoms with Crippen LogP contribution in [0.5, 0.6) is 0 Å². The van der Waals surface area contributed by atoms with E-state index >= 15 is 0 Å². The molecule has 4 rings (SSSR count). The molecule has 1 atom stereocenters. The van der Waals surface area contributed by atoms with Gasteiger partial charge >= 0.3 is 0 Å². The summed E-state index contributed by atoms with van der Waals surface area (Å²) in [6, 6.07) is 7.80. The molecule has 3 heterocycles. The quantitative estimate of drug-likeness (QED) is 0.281. The van der Waals surface area contributed by atoms with Crippen molar-refractivity contribution < 1.29 is 8.78 Å². The predicted molar refractivity (Wildman–Crippen MR) is 109 cm³/mol. The lowest BCUT2D eigenvalue weighted by Crippen LogP contribution is -2.33. The van der Waals surface area contributed by atoms with Crippen LogP contribution in [0.4, 0.5) is 26.1 Å². The van der Waals surface area contributed by atoms with Gasteiger partial charge < -0.3 is 16.8 Å². The zero-order valence-electron chi connectivity index (χ0n) is 15.7. The zero-order valence-corrected chi connectivity index (χ0v) is 15.7. The Balaban J connectivity index is 1.93. The molecule has 0 bridgehead atoms. The summed E-state index contributed by atoms with van der Waals surface area (Å²) in [5.41, 5.74) is 13.4. The first-order chi connectivity index (χ1) is 14.9. The maximum atomic E-state index is 14.9. The average Bonchev–Trinajstić information content (AvgIpc) is 2.74. The number of nitrogens with one attached hydrogen (secondary N) is 2. The number of nitrogens with two attached hydrogens (primary N) is 2. The highest BCUT2D eigenvalue weighted by atomic mass is 19.1. The second-order valence-electron chi connectivity index (χ2n) is 6.51. The number of nitrogen functional groups attached to an aromatic ring is 2. The highest BCUT2D eigenvalue weighted by Gasteiger charge is 2.31. The fourth-order valence-electron chi connectivity index (χ4n) is 3.29. The Kier molecular flexibility index (Phi) is 4.77. The molecule has 0 radical (unpaired) electrons. The van der Waals surface area contributed by atoms with E-state index in [-0.39, 0.29) is 40.0 Å². The molecule has 1 aliphatic rings. The van der Waals surface area contributed by atoms with Crippen molar-refractivity contribution in [1.29, 1.82) is 10.5 Å². The average molecular weight is 417 g/mol. The van der Waals surface area contributed by atoms with Crippen molar-refractivity contribution in [2.24, 2.45) is 4.99 Å². The Hall–Kier alpha value is -4.77. The largest absolute Gasteiger partial charge is 0.397 e. The number of rotatable bonds is 2. The highest BCUT2D eigenvalue weighted by molar-refractivity contribution is 5.98. The molecule has 6 N–H and O–H groups in total. The van der Waals surface area contributed by atoms with Gasteiger partial charge in [-0.1, -0.05) is 6.07 Å². The van der Waals surface area contributed by atoms with Crippen molar-refractivity contribution in [3.05, 3.63) is 65.0 Å². The zero-order chi connectivity index (χ0) is 22.1. The molecule has 2 aromatic heterocycles. The van der Waals surface area contributed by atoms with E-state index in [9.17, 15) is 14.0 Å². The van der Waals surface area contributed by atoms with Gasteiger partial charge in [0, 0.05) is 22.9 Å². The summed E-state index contributed by atoms with van der Waals surface area (Å²) in [5.74, 6) is -1.22. The van der Waals surface area contributed by atoms with E-state index < -0.39 is 17.8 Å². The Morgan fingerprint density at radius 1 is 1.10 bits per heavy atom. The maximum Gasteiger partial charge on any atom is 0.212 e. The second-order valence-corrected chi connectivity index (χ2v) is 6.51. The molecule has 0 amide bonds. The summed E-state index contributed by atoms with van der Waals surface area (Å²) in [6.45, 7) is 0. The lowest BCUT2D eigenvalue weighted by molar-refractivity contribution is 0.584. The minimum atomic E-state index is -1.04. The molecule has 31 heavy (non-hydrogen) atoms. The minimum absolute atomic E-state index is 0.00394. The molecule has 0 saturated heterocycles. The lowest BCUT2D eigenvalue weighted by atomic mass is 9.92. The molecule has 3 aromatic rings. The maximum absolute atomic E-state index is 14.9. The second kappa shape index (κ2) is 7.57. The van der Waals surface area contributed by atoms with Crippen LogP contribution in [0.3, 0.4) is 0 Å². The number of anilines is 3. The molecular weight excluding hydrogens is 404 g/mol. The van der Waals surface area contributed by atoms with Crippen LogP contribution >= 0.6 is 0 Å². The molecule has 9 nitrogen and oxygen atoms in total. The van der Waals surface area contributed by atoms with Gasteiger partial charge in [-0.05, 0) is 29.8 Å². The van der Waals surface area contributed by atoms with Crippen molar-refractivity contribution in [2.45, 2.75) is 6.04 Å². The van der Waals surface area contributed by atoms with Gasteiger partial charge in [-0.25, -0.2) is 19.4 Å². The Morgan fingerprint density at radius 3 is 2.55 bits per heavy atom. The van der Waals surface area contributed by atoms with Crippen LogP contribution in [-0.2, 0) is 0 Å². The van der Waals surface area contributed by atoms with Gasteiger partial charge in [-0.2, -0.15) is 14.9 Å². The topological polar surface area (TPSA) is 162 Å². The molecule has 0 spiro atoms. The molecule has 1 aliphatic heterocycles. The minimum Gasteiger partial charge on any atom is -0.397 e. The van der Waals surface area contributed by atoms with Crippen molar-refractivity contribution in [1.82, 2.24) is 15.3 Å². The first-order valence-corrected chi connectivity index (χ1v) is 8.83. The monoisotopic (exact) mass is 417 g/mol. The molecule has 0 saturated carbocycles. The van der Waals surface area contributed by atoms with E-state index in [0.29, 0.717) is 11.1 Å². The van der Waals surface area contributed by atoms with Crippen LogP contribution in [0.1, 0.15) is 22.7 Å². The normalized spacial score (nSPS) is 14.5. The number of guanidine groups is 1. The van der Waals surface area contributed by atoms with Crippen LogP contribution in [0.15, 0.2) is 41.5 Å². The summed E-state index contributed by atoms with van der Waals surface area (Å²) >= 11 is 0. The van der Waals surface area contributed by atoms with E-state index in [1.54, 1.807) is 6.19 Å². The molecule has 1 aromatic carbocycles. The summed E-state index contributed by atoms with van der Waals surface area (Å²) in [6.07, 6.45) is 3.04. The Bertz CT molecular complexity index is 1300. The lowest BCUT2D eigenvalue weighted by Gasteiger charge is -2.26. The number of nitrogens with zero attached hydrogens (tertiary/aromatic N) is 5. The van der Waals surface area contributed by atoms with E-state index in [1.807, 2.05) is 6.07 Å². The standard InChI is InChI=1S/C20H13F2N9/c21-13-3-1-9(10-2-4-14(22)27-7-10)5-11(13)17-15-16(25)12(6-23)18(26)30-19(15)31-20(29-17)28-8-24/h1-5,7,17H,(H6,25,26,28,29,30,31). The molecule has 11 heteroatoms. The molecular formula is C20H13F2N9. The SMILES string of the molecule is N#CNC1=NC(c2cc(-c3ccc(F)nc3)ccc2F)c2c(nc(N)c(C#N)c2N)N1. The van der Waals surface area contributed by atoms with Crippen LogP contribution in [-0.4, -0.2) is 15.9 Å². The summed E-state index contributed by atoms with van der Waals surface area (Å²) < 4.78 is 28.1. The molecule has 0 fully saturated rings. The number of benzene rings is 1. The van der Waals surface area contributed by atoms with Gasteiger partial charge in [0.05, 0.1) is 5.69 Å². The summed E-state index contributed by atoms with van der Waals surface area (Å²) in [7, 11) is 0. The van der Waals surface area contributed by atoms with Crippen LogP contribution in [0.25, 0.3) is 11.1 Å². The fraction of sp³-hybridized carbons (Fsp3) is 0.0500. The molecule has 0 aliphatic carbocycles. The number of aliphatic imine (C=N–C) groups is 1. The van der Waals surface area contributed by atoms with Crippen LogP contribution in [0.2, 0.25) is 0 Å². The van der Waals surface area contributed by atoms with Crippen LogP contribution < -0.4 is 22.1 Å². The third-order valence-electron chi connectivity index (χ3n) is 4.71. The van der Waals surface area contributed by atoms with Crippen molar-refractivity contribution in [2.75, 3.05) is 16.8 Å². The number of hydrogen-bond acceptors (Lipinski definition) is 9.